The van der Waals surface area contributed by atoms with E-state index in [4.69, 9.17) is 15.2 Å². The highest BCUT2D eigenvalue weighted by Crippen LogP contribution is 2.13. The summed E-state index contributed by atoms with van der Waals surface area (Å²) in [5.41, 5.74) is 6.00. The Kier molecular flexibility index (Phi) is 42.7. The molecule has 0 aromatic heterocycles. The van der Waals surface area contributed by atoms with Crippen molar-refractivity contribution in [3.63, 3.8) is 0 Å². The van der Waals surface area contributed by atoms with Crippen LogP contribution >= 0.6 is 17.0 Å². The largest absolute Gasteiger partial charge is 0.376 e. The SMILES string of the molecule is Br.CCCCCCCC/C=C\CCCCCCCCOC(C)[C@@H](CN)OCCCCCCCC/C=C\CCCCCCCC. The van der Waals surface area contributed by atoms with E-state index in [0.29, 0.717) is 6.54 Å². The molecular weight excluding hydrogens is 606 g/mol. The van der Waals surface area contributed by atoms with Gasteiger partial charge in [0.25, 0.3) is 0 Å². The molecule has 0 heterocycles. The molecule has 0 bridgehead atoms. The second-order valence-electron chi connectivity index (χ2n) is 13.1. The lowest BCUT2D eigenvalue weighted by atomic mass is 10.1. The number of halogens is 1. The molecule has 264 valence electrons. The molecule has 2 N–H and O–H groups in total. The highest BCUT2D eigenvalue weighted by molar-refractivity contribution is 8.93. The molecule has 0 saturated heterocycles. The fourth-order valence-electron chi connectivity index (χ4n) is 5.71. The van der Waals surface area contributed by atoms with Crippen LogP contribution < -0.4 is 5.73 Å². The molecule has 0 aliphatic rings. The first kappa shape index (κ1) is 46.0. The number of unbranched alkanes of at least 4 members (excludes halogenated alkanes) is 24. The summed E-state index contributed by atoms with van der Waals surface area (Å²) in [6.07, 6.45) is 47.1. The molecule has 1 unspecified atom stereocenters. The van der Waals surface area contributed by atoms with Gasteiger partial charge in [0.1, 0.15) is 0 Å². The van der Waals surface area contributed by atoms with Gasteiger partial charge in [-0.15, -0.1) is 17.0 Å². The van der Waals surface area contributed by atoms with Crippen molar-refractivity contribution in [3.05, 3.63) is 24.3 Å². The van der Waals surface area contributed by atoms with Gasteiger partial charge in [-0.3, -0.25) is 0 Å². The zero-order valence-electron chi connectivity index (χ0n) is 30.2. The molecule has 44 heavy (non-hydrogen) atoms. The second kappa shape index (κ2) is 40.9. The Morgan fingerprint density at radius 1 is 0.432 bits per heavy atom. The highest BCUT2D eigenvalue weighted by Gasteiger charge is 2.16. The van der Waals surface area contributed by atoms with Crippen molar-refractivity contribution in [3.8, 4) is 0 Å². The molecule has 2 atom stereocenters. The number of ether oxygens (including phenoxy) is 2. The average molecular weight is 687 g/mol. The third-order valence-corrected chi connectivity index (χ3v) is 8.78. The minimum Gasteiger partial charge on any atom is -0.376 e. The first-order valence-electron chi connectivity index (χ1n) is 19.5. The molecule has 0 aliphatic carbocycles. The monoisotopic (exact) mass is 686 g/mol. The summed E-state index contributed by atoms with van der Waals surface area (Å²) >= 11 is 0. The van der Waals surface area contributed by atoms with E-state index < -0.39 is 0 Å². The maximum atomic E-state index is 6.09. The van der Waals surface area contributed by atoms with E-state index in [-0.39, 0.29) is 29.2 Å². The summed E-state index contributed by atoms with van der Waals surface area (Å²) in [7, 11) is 0. The first-order chi connectivity index (χ1) is 21.3. The summed E-state index contributed by atoms with van der Waals surface area (Å²) < 4.78 is 12.2. The molecule has 3 nitrogen and oxygen atoms in total. The molecule has 4 heteroatoms. The van der Waals surface area contributed by atoms with Gasteiger partial charge in [0.05, 0.1) is 12.2 Å². The van der Waals surface area contributed by atoms with Gasteiger partial charge >= 0.3 is 0 Å². The van der Waals surface area contributed by atoms with E-state index in [1.165, 1.54) is 167 Å². The van der Waals surface area contributed by atoms with E-state index in [9.17, 15) is 0 Å². The predicted octanol–water partition coefficient (Wildman–Crippen LogP) is 13.4. The van der Waals surface area contributed by atoms with Crippen LogP contribution in [-0.4, -0.2) is 32.0 Å². The van der Waals surface area contributed by atoms with Crippen LogP contribution in [-0.2, 0) is 9.47 Å². The molecule has 0 spiro atoms. The van der Waals surface area contributed by atoms with Gasteiger partial charge in [-0.05, 0) is 71.1 Å². The Morgan fingerprint density at radius 3 is 1.07 bits per heavy atom. The van der Waals surface area contributed by atoms with E-state index >= 15 is 0 Å². The Bertz CT molecular complexity index is 568. The van der Waals surface area contributed by atoms with Gasteiger partial charge < -0.3 is 15.2 Å². The Labute approximate surface area is 288 Å². The van der Waals surface area contributed by atoms with E-state index in [2.05, 4.69) is 45.1 Å². The first-order valence-corrected chi connectivity index (χ1v) is 19.5. The smallest absolute Gasteiger partial charge is 0.0955 e. The zero-order valence-corrected chi connectivity index (χ0v) is 31.9. The van der Waals surface area contributed by atoms with E-state index in [1.54, 1.807) is 0 Å². The number of hydrogen-bond acceptors (Lipinski definition) is 3. The van der Waals surface area contributed by atoms with Crippen LogP contribution in [0.4, 0.5) is 0 Å². The lowest BCUT2D eigenvalue weighted by Gasteiger charge is -2.23. The Hall–Kier alpha value is -0.160. The van der Waals surface area contributed by atoms with Gasteiger partial charge in [-0.1, -0.05) is 154 Å². The van der Waals surface area contributed by atoms with E-state index in [1.807, 2.05) is 0 Å². The van der Waals surface area contributed by atoms with Crippen LogP contribution in [0.25, 0.3) is 0 Å². The van der Waals surface area contributed by atoms with Crippen molar-refractivity contribution in [2.45, 2.75) is 213 Å². The maximum absolute atomic E-state index is 6.09. The Morgan fingerprint density at radius 2 is 0.727 bits per heavy atom. The molecule has 0 saturated carbocycles. The third kappa shape index (κ3) is 36.3. The van der Waals surface area contributed by atoms with Crippen LogP contribution in [0.2, 0.25) is 0 Å². The van der Waals surface area contributed by atoms with Crippen molar-refractivity contribution < 1.29 is 9.47 Å². The lowest BCUT2D eigenvalue weighted by Crippen LogP contribution is -2.36. The second-order valence-corrected chi connectivity index (χ2v) is 13.1. The molecule has 0 aliphatic heterocycles. The van der Waals surface area contributed by atoms with Gasteiger partial charge in [0.15, 0.2) is 0 Å². The molecule has 0 fully saturated rings. The number of hydrogen-bond donors (Lipinski definition) is 1. The third-order valence-electron chi connectivity index (χ3n) is 8.78. The van der Waals surface area contributed by atoms with Crippen LogP contribution in [0.5, 0.6) is 0 Å². The van der Waals surface area contributed by atoms with Crippen molar-refractivity contribution >= 4 is 17.0 Å². The summed E-state index contributed by atoms with van der Waals surface area (Å²) in [6.45, 7) is 8.88. The summed E-state index contributed by atoms with van der Waals surface area (Å²) in [5.74, 6) is 0. The van der Waals surface area contributed by atoms with Crippen LogP contribution in [0.15, 0.2) is 24.3 Å². The molecular formula is C40H80BrNO2. The lowest BCUT2D eigenvalue weighted by molar-refractivity contribution is -0.0619. The fourth-order valence-corrected chi connectivity index (χ4v) is 5.71. The summed E-state index contributed by atoms with van der Waals surface area (Å²) in [4.78, 5) is 0. The number of rotatable bonds is 36. The standard InChI is InChI=1S/C40H79NO2.BrH/c1-4-6-8-10-12-14-16-18-20-22-24-26-28-30-32-34-36-42-39(3)40(38-41)43-37-35-33-31-29-27-25-23-21-19-17-15-13-11-9-7-5-2;/h18-21,39-40H,4-17,22-38,41H2,1-3H3;1H/b20-18-,21-19-;/t39?,40-;/m1./s1. The fraction of sp³-hybridized carbons (Fsp3) is 0.900. The molecule has 0 amide bonds. The summed E-state index contributed by atoms with van der Waals surface area (Å²) in [5, 5.41) is 0. The van der Waals surface area contributed by atoms with Gasteiger partial charge in [0, 0.05) is 19.8 Å². The quantitative estimate of drug-likeness (QED) is 0.0527. The van der Waals surface area contributed by atoms with E-state index in [0.717, 1.165) is 26.1 Å². The Balaban J connectivity index is 0. The molecule has 0 rings (SSSR count). The maximum Gasteiger partial charge on any atom is 0.0955 e. The van der Waals surface area contributed by atoms with Crippen molar-refractivity contribution in [2.75, 3.05) is 19.8 Å². The van der Waals surface area contributed by atoms with Crippen molar-refractivity contribution in [2.24, 2.45) is 5.73 Å². The minimum absolute atomic E-state index is 0. The van der Waals surface area contributed by atoms with Gasteiger partial charge in [0.2, 0.25) is 0 Å². The van der Waals surface area contributed by atoms with Crippen molar-refractivity contribution in [1.82, 2.24) is 0 Å². The van der Waals surface area contributed by atoms with Gasteiger partial charge in [-0.25, -0.2) is 0 Å². The average Bonchev–Trinajstić information content (AvgIpc) is 3.02. The number of nitrogens with two attached hydrogens (primary N) is 1. The van der Waals surface area contributed by atoms with Crippen LogP contribution in [0, 0.1) is 0 Å². The van der Waals surface area contributed by atoms with Gasteiger partial charge in [-0.2, -0.15) is 0 Å². The zero-order chi connectivity index (χ0) is 31.3. The molecule has 0 aromatic carbocycles. The summed E-state index contributed by atoms with van der Waals surface area (Å²) in [6, 6.07) is 0. The topological polar surface area (TPSA) is 44.5 Å². The van der Waals surface area contributed by atoms with Crippen molar-refractivity contribution in [1.29, 1.82) is 0 Å². The normalized spacial score (nSPS) is 13.2. The van der Waals surface area contributed by atoms with Crippen LogP contribution in [0.3, 0.4) is 0 Å². The van der Waals surface area contributed by atoms with Crippen LogP contribution in [0.1, 0.15) is 201 Å². The minimum atomic E-state index is 0. The molecule has 0 radical (unpaired) electrons. The highest BCUT2D eigenvalue weighted by atomic mass is 79.9. The molecule has 0 aromatic rings. The number of allylic oxidation sites excluding steroid dienone is 4. The predicted molar refractivity (Wildman–Crippen MR) is 203 cm³/mol.